The molecule has 0 saturated carbocycles. The Morgan fingerprint density at radius 1 is 1.45 bits per heavy atom. The van der Waals surface area contributed by atoms with Crippen LogP contribution in [0.5, 0.6) is 0 Å². The fourth-order valence-electron chi connectivity index (χ4n) is 2.32. The van der Waals surface area contributed by atoms with Gasteiger partial charge in [-0.2, -0.15) is 0 Å². The third-order valence-electron chi connectivity index (χ3n) is 3.54. The molecule has 1 aliphatic heterocycles. The minimum absolute atomic E-state index is 0.00294. The quantitative estimate of drug-likeness (QED) is 0.808. The van der Waals surface area contributed by atoms with Crippen LogP contribution in [0.4, 0.5) is 5.69 Å². The number of benzene rings is 1. The van der Waals surface area contributed by atoms with Crippen molar-refractivity contribution in [2.75, 3.05) is 31.5 Å². The molecule has 1 atom stereocenters. The van der Waals surface area contributed by atoms with Gasteiger partial charge in [0.25, 0.3) is 0 Å². The molecule has 0 unspecified atom stereocenters. The van der Waals surface area contributed by atoms with Gasteiger partial charge in [-0.3, -0.25) is 14.5 Å². The first-order valence-electron chi connectivity index (χ1n) is 6.92. The van der Waals surface area contributed by atoms with Gasteiger partial charge in [0.05, 0.1) is 6.54 Å². The van der Waals surface area contributed by atoms with Gasteiger partial charge in [0.2, 0.25) is 5.91 Å². The van der Waals surface area contributed by atoms with Gasteiger partial charge in [0, 0.05) is 36.9 Å². The van der Waals surface area contributed by atoms with Crippen molar-refractivity contribution in [3.63, 3.8) is 0 Å². The maximum absolute atomic E-state index is 12.0. The predicted molar refractivity (Wildman–Crippen MR) is 79.0 cm³/mol. The molecule has 108 valence electrons. The van der Waals surface area contributed by atoms with Gasteiger partial charge in [-0.05, 0) is 26.0 Å². The van der Waals surface area contributed by atoms with E-state index in [1.165, 1.54) is 6.92 Å². The second kappa shape index (κ2) is 6.63. The van der Waals surface area contributed by atoms with Crippen LogP contribution in [0.1, 0.15) is 24.2 Å². The lowest BCUT2D eigenvalue weighted by molar-refractivity contribution is -0.118. The van der Waals surface area contributed by atoms with E-state index >= 15 is 0 Å². The summed E-state index contributed by atoms with van der Waals surface area (Å²) in [6, 6.07) is 7.39. The first kappa shape index (κ1) is 14.7. The monoisotopic (exact) mass is 275 g/mol. The molecule has 1 heterocycles. The standard InChI is InChI=1S/C15H21N3O2/c1-11-9-16-6-7-18(11)10-15(20)17-14-5-3-4-13(8-14)12(2)19/h3-5,8,11,16H,6-7,9-10H2,1-2H3,(H,17,20)/t11-/m0/s1. The number of amides is 1. The number of anilines is 1. The molecule has 20 heavy (non-hydrogen) atoms. The summed E-state index contributed by atoms with van der Waals surface area (Å²) in [6.07, 6.45) is 0. The minimum Gasteiger partial charge on any atom is -0.325 e. The summed E-state index contributed by atoms with van der Waals surface area (Å²) in [5, 5.41) is 6.15. The van der Waals surface area contributed by atoms with Crippen LogP contribution < -0.4 is 10.6 Å². The van der Waals surface area contributed by atoms with Crippen molar-refractivity contribution in [1.29, 1.82) is 0 Å². The summed E-state index contributed by atoms with van der Waals surface area (Å²) >= 11 is 0. The average molecular weight is 275 g/mol. The molecular weight excluding hydrogens is 254 g/mol. The number of rotatable bonds is 4. The van der Waals surface area contributed by atoms with Crippen LogP contribution >= 0.6 is 0 Å². The van der Waals surface area contributed by atoms with E-state index in [1.807, 2.05) is 0 Å². The molecule has 0 aromatic heterocycles. The van der Waals surface area contributed by atoms with Gasteiger partial charge in [-0.1, -0.05) is 12.1 Å². The molecule has 0 bridgehead atoms. The molecule has 1 amide bonds. The summed E-state index contributed by atoms with van der Waals surface area (Å²) < 4.78 is 0. The van der Waals surface area contributed by atoms with Crippen LogP contribution in [0.25, 0.3) is 0 Å². The topological polar surface area (TPSA) is 61.4 Å². The third-order valence-corrected chi connectivity index (χ3v) is 3.54. The minimum atomic E-state index is -0.0422. The Kier molecular flexibility index (Phi) is 4.87. The molecule has 2 N–H and O–H groups in total. The van der Waals surface area contributed by atoms with Crippen molar-refractivity contribution >= 4 is 17.4 Å². The number of nitrogens with one attached hydrogen (secondary N) is 2. The Morgan fingerprint density at radius 2 is 2.25 bits per heavy atom. The van der Waals surface area contributed by atoms with E-state index in [4.69, 9.17) is 0 Å². The van der Waals surface area contributed by atoms with Crippen LogP contribution in [0, 0.1) is 0 Å². The van der Waals surface area contributed by atoms with Crippen LogP contribution in [0.2, 0.25) is 0 Å². The zero-order valence-corrected chi connectivity index (χ0v) is 12.0. The van der Waals surface area contributed by atoms with E-state index in [2.05, 4.69) is 22.5 Å². The fraction of sp³-hybridized carbons (Fsp3) is 0.467. The SMILES string of the molecule is CC(=O)c1cccc(NC(=O)CN2CCNC[C@@H]2C)c1. The largest absolute Gasteiger partial charge is 0.325 e. The highest BCUT2D eigenvalue weighted by Crippen LogP contribution is 2.11. The summed E-state index contributed by atoms with van der Waals surface area (Å²) in [7, 11) is 0. The predicted octanol–water partition coefficient (Wildman–Crippen LogP) is 1.12. The number of hydrogen-bond acceptors (Lipinski definition) is 4. The number of nitrogens with zero attached hydrogens (tertiary/aromatic N) is 1. The van der Waals surface area contributed by atoms with Crippen LogP contribution in [-0.2, 0) is 4.79 Å². The molecule has 1 aliphatic rings. The lowest BCUT2D eigenvalue weighted by Gasteiger charge is -2.33. The van der Waals surface area contributed by atoms with Gasteiger partial charge in [0.1, 0.15) is 0 Å². The fourth-order valence-corrected chi connectivity index (χ4v) is 2.32. The number of carbonyl (C=O) groups excluding carboxylic acids is 2. The van der Waals surface area contributed by atoms with E-state index in [0.717, 1.165) is 19.6 Å². The van der Waals surface area contributed by atoms with E-state index in [1.54, 1.807) is 24.3 Å². The molecule has 1 aromatic carbocycles. The molecule has 1 aromatic rings. The molecule has 0 radical (unpaired) electrons. The number of piperazine rings is 1. The summed E-state index contributed by atoms with van der Waals surface area (Å²) in [4.78, 5) is 25.5. The van der Waals surface area contributed by atoms with Crippen molar-refractivity contribution in [3.8, 4) is 0 Å². The van der Waals surface area contributed by atoms with Gasteiger partial charge in [-0.25, -0.2) is 0 Å². The molecule has 5 heteroatoms. The van der Waals surface area contributed by atoms with Crippen LogP contribution in [0.3, 0.4) is 0 Å². The average Bonchev–Trinajstić information content (AvgIpc) is 2.41. The Balaban J connectivity index is 1.94. The number of carbonyl (C=O) groups is 2. The van der Waals surface area contributed by atoms with E-state index < -0.39 is 0 Å². The first-order valence-corrected chi connectivity index (χ1v) is 6.92. The number of Topliss-reactive ketones (excluding diaryl/α,β-unsaturated/α-hetero) is 1. The van der Waals surface area contributed by atoms with E-state index in [-0.39, 0.29) is 11.7 Å². The highest BCUT2D eigenvalue weighted by molar-refractivity contribution is 5.97. The maximum atomic E-state index is 12.0. The highest BCUT2D eigenvalue weighted by Gasteiger charge is 2.20. The lowest BCUT2D eigenvalue weighted by Crippen LogP contribution is -2.51. The van der Waals surface area contributed by atoms with Crippen molar-refractivity contribution < 1.29 is 9.59 Å². The summed E-state index contributed by atoms with van der Waals surface area (Å²) in [5.41, 5.74) is 1.28. The summed E-state index contributed by atoms with van der Waals surface area (Å²) in [5.74, 6) is -0.0451. The van der Waals surface area contributed by atoms with E-state index in [9.17, 15) is 9.59 Å². The van der Waals surface area contributed by atoms with Gasteiger partial charge >= 0.3 is 0 Å². The normalized spacial score (nSPS) is 19.6. The van der Waals surface area contributed by atoms with Crippen LogP contribution in [0.15, 0.2) is 24.3 Å². The Labute approximate surface area is 119 Å². The van der Waals surface area contributed by atoms with Crippen molar-refractivity contribution in [2.45, 2.75) is 19.9 Å². The van der Waals surface area contributed by atoms with Gasteiger partial charge in [0.15, 0.2) is 5.78 Å². The molecule has 0 aliphatic carbocycles. The van der Waals surface area contributed by atoms with Crippen molar-refractivity contribution in [2.24, 2.45) is 0 Å². The molecule has 0 spiro atoms. The number of ketones is 1. The number of hydrogen-bond donors (Lipinski definition) is 2. The lowest BCUT2D eigenvalue weighted by atomic mass is 10.1. The van der Waals surface area contributed by atoms with Crippen molar-refractivity contribution in [1.82, 2.24) is 10.2 Å². The smallest absolute Gasteiger partial charge is 0.238 e. The van der Waals surface area contributed by atoms with E-state index in [0.29, 0.717) is 23.8 Å². The Morgan fingerprint density at radius 3 is 2.95 bits per heavy atom. The highest BCUT2D eigenvalue weighted by atomic mass is 16.2. The Hall–Kier alpha value is -1.72. The van der Waals surface area contributed by atoms with Crippen molar-refractivity contribution in [3.05, 3.63) is 29.8 Å². The Bertz CT molecular complexity index is 502. The maximum Gasteiger partial charge on any atom is 0.238 e. The molecule has 1 fully saturated rings. The summed E-state index contributed by atoms with van der Waals surface area (Å²) in [6.45, 7) is 6.71. The van der Waals surface area contributed by atoms with Gasteiger partial charge < -0.3 is 10.6 Å². The molecular formula is C15H21N3O2. The molecule has 5 nitrogen and oxygen atoms in total. The zero-order chi connectivity index (χ0) is 14.5. The van der Waals surface area contributed by atoms with Crippen LogP contribution in [-0.4, -0.2) is 48.8 Å². The first-order chi connectivity index (χ1) is 9.56. The van der Waals surface area contributed by atoms with Gasteiger partial charge in [-0.15, -0.1) is 0 Å². The third kappa shape index (κ3) is 3.88. The second-order valence-corrected chi connectivity index (χ2v) is 5.21. The molecule has 2 rings (SSSR count). The molecule has 1 saturated heterocycles. The second-order valence-electron chi connectivity index (χ2n) is 5.21. The zero-order valence-electron chi connectivity index (χ0n) is 12.0.